The van der Waals surface area contributed by atoms with Crippen molar-refractivity contribution in [3.63, 3.8) is 0 Å². The van der Waals surface area contributed by atoms with Crippen LogP contribution >= 0.6 is 0 Å². The number of ether oxygens (including phenoxy) is 1. The lowest BCUT2D eigenvalue weighted by Gasteiger charge is -2.14. The number of rotatable bonds is 5. The summed E-state index contributed by atoms with van der Waals surface area (Å²) in [5.41, 5.74) is 0.606. The van der Waals surface area contributed by atoms with Gasteiger partial charge in [0.25, 0.3) is 17.5 Å². The second kappa shape index (κ2) is 7.59. The van der Waals surface area contributed by atoms with Crippen LogP contribution in [-0.2, 0) is 4.79 Å². The number of benzene rings is 3. The van der Waals surface area contributed by atoms with Crippen molar-refractivity contribution >= 4 is 23.5 Å². The standard InChI is InChI=1S/C22H14N2O6/c25-19(30-18-12-5-4-9-15(18)14-7-2-1-3-8-14)13-23-21(26)16-10-6-11-17(24(28)29)20(16)22(23)27/h1-12H,13H2. The number of carbonyl (C=O) groups excluding carboxylic acids is 3. The van der Waals surface area contributed by atoms with Gasteiger partial charge in [0.15, 0.2) is 0 Å². The molecule has 0 atom stereocenters. The molecule has 0 unspecified atom stereocenters. The van der Waals surface area contributed by atoms with Crippen molar-refractivity contribution in [3.05, 3.63) is 94.0 Å². The van der Waals surface area contributed by atoms with E-state index in [9.17, 15) is 24.5 Å². The first kappa shape index (κ1) is 19.0. The summed E-state index contributed by atoms with van der Waals surface area (Å²) in [4.78, 5) is 48.8. The minimum Gasteiger partial charge on any atom is -0.425 e. The largest absolute Gasteiger partial charge is 0.425 e. The number of nitro benzene ring substituents is 1. The van der Waals surface area contributed by atoms with Gasteiger partial charge in [-0.25, -0.2) is 4.79 Å². The smallest absolute Gasteiger partial charge is 0.331 e. The molecule has 0 radical (unpaired) electrons. The van der Waals surface area contributed by atoms with Crippen LogP contribution in [0.4, 0.5) is 5.69 Å². The Kier molecular flexibility index (Phi) is 4.81. The summed E-state index contributed by atoms with van der Waals surface area (Å²) in [6.07, 6.45) is 0. The second-order valence-corrected chi connectivity index (χ2v) is 6.49. The predicted octanol–water partition coefficient (Wildman–Crippen LogP) is 3.46. The van der Waals surface area contributed by atoms with E-state index in [1.54, 1.807) is 24.3 Å². The molecule has 0 fully saturated rings. The van der Waals surface area contributed by atoms with Crippen LogP contribution in [0.5, 0.6) is 5.75 Å². The molecule has 4 rings (SSSR count). The maximum Gasteiger partial charge on any atom is 0.331 e. The number of hydrogen-bond donors (Lipinski definition) is 0. The first-order chi connectivity index (χ1) is 14.5. The van der Waals surface area contributed by atoms with Gasteiger partial charge in [0, 0.05) is 11.6 Å². The van der Waals surface area contributed by atoms with E-state index in [-0.39, 0.29) is 16.9 Å². The molecule has 0 bridgehead atoms. The van der Waals surface area contributed by atoms with Crippen LogP contribution in [0.2, 0.25) is 0 Å². The zero-order chi connectivity index (χ0) is 21.3. The van der Waals surface area contributed by atoms with E-state index in [0.717, 1.165) is 11.6 Å². The first-order valence-corrected chi connectivity index (χ1v) is 8.96. The molecule has 8 heteroatoms. The van der Waals surface area contributed by atoms with E-state index >= 15 is 0 Å². The Balaban J connectivity index is 1.57. The van der Waals surface area contributed by atoms with Crippen LogP contribution in [0.15, 0.2) is 72.8 Å². The molecule has 30 heavy (non-hydrogen) atoms. The Morgan fingerprint density at radius 1 is 0.867 bits per heavy atom. The SMILES string of the molecule is O=C(CN1C(=O)c2cccc([N+](=O)[O-])c2C1=O)Oc1ccccc1-c1ccccc1. The van der Waals surface area contributed by atoms with Crippen molar-refractivity contribution in [2.75, 3.05) is 6.54 Å². The Morgan fingerprint density at radius 3 is 2.27 bits per heavy atom. The molecule has 0 saturated carbocycles. The summed E-state index contributed by atoms with van der Waals surface area (Å²) in [6.45, 7) is -0.660. The monoisotopic (exact) mass is 402 g/mol. The van der Waals surface area contributed by atoms with Crippen LogP contribution in [0, 0.1) is 10.1 Å². The zero-order valence-corrected chi connectivity index (χ0v) is 15.5. The van der Waals surface area contributed by atoms with E-state index in [0.29, 0.717) is 10.5 Å². The number of carbonyl (C=O) groups is 3. The number of esters is 1. The maximum atomic E-state index is 12.6. The molecule has 1 aliphatic heterocycles. The Hall–Kier alpha value is -4.33. The third-order valence-corrected chi connectivity index (χ3v) is 4.66. The number of fused-ring (bicyclic) bond motifs is 1. The second-order valence-electron chi connectivity index (χ2n) is 6.49. The summed E-state index contributed by atoms with van der Waals surface area (Å²) in [5, 5.41) is 11.2. The van der Waals surface area contributed by atoms with Crippen LogP contribution in [0.25, 0.3) is 11.1 Å². The molecule has 0 aromatic heterocycles. The molecule has 0 N–H and O–H groups in total. The van der Waals surface area contributed by atoms with Gasteiger partial charge in [-0.15, -0.1) is 0 Å². The quantitative estimate of drug-likeness (QED) is 0.213. The molecule has 3 aromatic rings. The Morgan fingerprint density at radius 2 is 1.53 bits per heavy atom. The highest BCUT2D eigenvalue weighted by Crippen LogP contribution is 2.32. The number of nitrogens with zero attached hydrogens (tertiary/aromatic N) is 2. The normalized spacial score (nSPS) is 12.6. The molecule has 0 saturated heterocycles. The Bertz CT molecular complexity index is 1190. The predicted molar refractivity (Wildman–Crippen MR) is 106 cm³/mol. The van der Waals surface area contributed by atoms with E-state index in [1.807, 2.05) is 30.3 Å². The molecule has 3 aromatic carbocycles. The van der Waals surface area contributed by atoms with E-state index < -0.39 is 34.9 Å². The fraction of sp³-hybridized carbons (Fsp3) is 0.0455. The van der Waals surface area contributed by atoms with Crippen molar-refractivity contribution < 1.29 is 24.0 Å². The highest BCUT2D eigenvalue weighted by Gasteiger charge is 2.42. The lowest BCUT2D eigenvalue weighted by Crippen LogP contribution is -2.36. The van der Waals surface area contributed by atoms with Gasteiger partial charge in [0.1, 0.15) is 17.9 Å². The number of nitro groups is 1. The van der Waals surface area contributed by atoms with Crippen molar-refractivity contribution in [3.8, 4) is 16.9 Å². The number of para-hydroxylation sites is 1. The van der Waals surface area contributed by atoms with Gasteiger partial charge in [-0.1, -0.05) is 54.6 Å². The summed E-state index contributed by atoms with van der Waals surface area (Å²) in [7, 11) is 0. The van der Waals surface area contributed by atoms with Gasteiger partial charge >= 0.3 is 5.97 Å². The summed E-state index contributed by atoms with van der Waals surface area (Å²) < 4.78 is 5.42. The van der Waals surface area contributed by atoms with Crippen molar-refractivity contribution in [1.29, 1.82) is 0 Å². The highest BCUT2D eigenvalue weighted by molar-refractivity contribution is 6.24. The lowest BCUT2D eigenvalue weighted by molar-refractivity contribution is -0.385. The third-order valence-electron chi connectivity index (χ3n) is 4.66. The van der Waals surface area contributed by atoms with Gasteiger partial charge in [0.2, 0.25) is 0 Å². The maximum absolute atomic E-state index is 12.6. The van der Waals surface area contributed by atoms with Crippen LogP contribution in [0.1, 0.15) is 20.7 Å². The van der Waals surface area contributed by atoms with Crippen LogP contribution in [0.3, 0.4) is 0 Å². The Labute approximate surface area is 170 Å². The van der Waals surface area contributed by atoms with Gasteiger partial charge in [-0.05, 0) is 17.7 Å². The van der Waals surface area contributed by atoms with Crippen molar-refractivity contribution in [2.24, 2.45) is 0 Å². The molecule has 1 aliphatic rings. The topological polar surface area (TPSA) is 107 Å². The fourth-order valence-corrected chi connectivity index (χ4v) is 3.31. The van der Waals surface area contributed by atoms with Gasteiger partial charge in [0.05, 0.1) is 10.5 Å². The molecule has 0 spiro atoms. The van der Waals surface area contributed by atoms with E-state index in [4.69, 9.17) is 4.74 Å². The third kappa shape index (κ3) is 3.30. The number of hydrogen-bond acceptors (Lipinski definition) is 6. The molecular formula is C22H14N2O6. The fourth-order valence-electron chi connectivity index (χ4n) is 3.31. The van der Waals surface area contributed by atoms with Crippen molar-refractivity contribution in [1.82, 2.24) is 4.90 Å². The van der Waals surface area contributed by atoms with Crippen LogP contribution in [-0.4, -0.2) is 34.2 Å². The molecule has 0 aliphatic carbocycles. The minimum absolute atomic E-state index is 0.105. The van der Waals surface area contributed by atoms with Crippen molar-refractivity contribution in [2.45, 2.75) is 0 Å². The number of imide groups is 1. The lowest BCUT2D eigenvalue weighted by atomic mass is 10.1. The molecule has 8 nitrogen and oxygen atoms in total. The summed E-state index contributed by atoms with van der Waals surface area (Å²) in [6, 6.07) is 19.9. The van der Waals surface area contributed by atoms with E-state index in [1.165, 1.54) is 12.1 Å². The highest BCUT2D eigenvalue weighted by atomic mass is 16.6. The van der Waals surface area contributed by atoms with Gasteiger partial charge in [-0.2, -0.15) is 0 Å². The number of amides is 2. The van der Waals surface area contributed by atoms with Crippen LogP contribution < -0.4 is 4.74 Å². The summed E-state index contributed by atoms with van der Waals surface area (Å²) >= 11 is 0. The first-order valence-electron chi connectivity index (χ1n) is 8.96. The molecular weight excluding hydrogens is 388 g/mol. The van der Waals surface area contributed by atoms with E-state index in [2.05, 4.69) is 0 Å². The molecule has 148 valence electrons. The van der Waals surface area contributed by atoms with Gasteiger partial charge in [-0.3, -0.25) is 24.6 Å². The van der Waals surface area contributed by atoms with Gasteiger partial charge < -0.3 is 4.74 Å². The average molecular weight is 402 g/mol. The minimum atomic E-state index is -0.893. The molecule has 1 heterocycles. The summed E-state index contributed by atoms with van der Waals surface area (Å²) in [5.74, 6) is -2.23. The average Bonchev–Trinajstić information content (AvgIpc) is 2.99. The zero-order valence-electron chi connectivity index (χ0n) is 15.5. The molecule has 2 amide bonds.